The summed E-state index contributed by atoms with van der Waals surface area (Å²) in [7, 11) is 0. The van der Waals surface area contributed by atoms with Crippen molar-refractivity contribution in [1.29, 1.82) is 0 Å². The van der Waals surface area contributed by atoms with Crippen molar-refractivity contribution in [2.45, 2.75) is 6.92 Å². The van der Waals surface area contributed by atoms with E-state index in [1.165, 1.54) is 0 Å². The quantitative estimate of drug-likeness (QED) is 0.771. The van der Waals surface area contributed by atoms with Crippen LogP contribution in [0.25, 0.3) is 0 Å². The first kappa shape index (κ1) is 11.4. The molecule has 1 nitrogen and oxygen atoms in total. The number of rotatable bonds is 2. The number of hydrogen-bond donors (Lipinski definition) is 0. The zero-order valence-electron chi connectivity index (χ0n) is 8.74. The van der Waals surface area contributed by atoms with E-state index in [1.807, 2.05) is 37.3 Å². The lowest BCUT2D eigenvalue weighted by Crippen LogP contribution is -1.97. The van der Waals surface area contributed by atoms with Crippen LogP contribution in [0.4, 0.5) is 0 Å². The zero-order valence-corrected chi connectivity index (χ0v) is 10.3. The molecule has 1 radical (unpaired) electrons. The van der Waals surface area contributed by atoms with Gasteiger partial charge in [-0.2, -0.15) is 0 Å². The molecule has 0 bridgehead atoms. The van der Waals surface area contributed by atoms with E-state index >= 15 is 0 Å². The van der Waals surface area contributed by atoms with E-state index in [4.69, 9.17) is 23.2 Å². The van der Waals surface area contributed by atoms with Gasteiger partial charge in [0.25, 0.3) is 0 Å². The molecule has 0 unspecified atom stereocenters. The molecule has 0 saturated carbocycles. The summed E-state index contributed by atoms with van der Waals surface area (Å²) in [4.78, 5) is 4.07. The molecule has 2 aromatic rings. The Kier molecular flexibility index (Phi) is 3.47. The van der Waals surface area contributed by atoms with Crippen LogP contribution in [0.2, 0.25) is 10.0 Å². The maximum absolute atomic E-state index is 5.95. The molecule has 1 aromatic heterocycles. The van der Waals surface area contributed by atoms with Crippen LogP contribution in [0.3, 0.4) is 0 Å². The standard InChI is InChI=1S/C13H10Cl2N/c1-9(10-3-2-4-12(14)5-10)11-6-13(15)8-16-7-11/h2-8H,1H3. The highest BCUT2D eigenvalue weighted by atomic mass is 35.5. The van der Waals surface area contributed by atoms with Gasteiger partial charge in [0.1, 0.15) is 0 Å². The molecule has 2 rings (SSSR count). The summed E-state index contributed by atoms with van der Waals surface area (Å²) in [6.07, 6.45) is 3.42. The topological polar surface area (TPSA) is 12.9 Å². The molecular formula is C13H10Cl2N. The summed E-state index contributed by atoms with van der Waals surface area (Å²) in [6.45, 7) is 2.03. The van der Waals surface area contributed by atoms with Crippen molar-refractivity contribution in [2.24, 2.45) is 0 Å². The Labute approximate surface area is 105 Å². The van der Waals surface area contributed by atoms with Gasteiger partial charge in [0.05, 0.1) is 5.02 Å². The van der Waals surface area contributed by atoms with Gasteiger partial charge in [0.15, 0.2) is 0 Å². The zero-order chi connectivity index (χ0) is 11.5. The fourth-order valence-corrected chi connectivity index (χ4v) is 1.87. The fourth-order valence-electron chi connectivity index (χ4n) is 1.51. The number of hydrogen-bond acceptors (Lipinski definition) is 1. The average molecular weight is 251 g/mol. The van der Waals surface area contributed by atoms with E-state index in [2.05, 4.69) is 4.98 Å². The molecule has 0 fully saturated rings. The molecule has 0 amide bonds. The van der Waals surface area contributed by atoms with E-state index in [0.29, 0.717) is 5.02 Å². The summed E-state index contributed by atoms with van der Waals surface area (Å²) in [5.41, 5.74) is 2.09. The highest BCUT2D eigenvalue weighted by Gasteiger charge is 2.10. The fraction of sp³-hybridized carbons (Fsp3) is 0.0769. The lowest BCUT2D eigenvalue weighted by molar-refractivity contribution is 1.15. The number of pyridine rings is 1. The Hall–Kier alpha value is -1.05. The van der Waals surface area contributed by atoms with E-state index in [9.17, 15) is 0 Å². The number of halogens is 2. The Morgan fingerprint density at radius 3 is 2.44 bits per heavy atom. The van der Waals surface area contributed by atoms with Crippen LogP contribution < -0.4 is 0 Å². The molecule has 0 saturated heterocycles. The molecule has 0 atom stereocenters. The summed E-state index contributed by atoms with van der Waals surface area (Å²) in [6, 6.07) is 9.62. The first-order valence-electron chi connectivity index (χ1n) is 4.87. The van der Waals surface area contributed by atoms with Gasteiger partial charge in [0.2, 0.25) is 0 Å². The van der Waals surface area contributed by atoms with Crippen molar-refractivity contribution in [2.75, 3.05) is 0 Å². The molecule has 0 N–H and O–H groups in total. The van der Waals surface area contributed by atoms with Crippen molar-refractivity contribution in [3.63, 3.8) is 0 Å². The lowest BCUT2D eigenvalue weighted by Gasteiger charge is -2.11. The summed E-state index contributed by atoms with van der Waals surface area (Å²) >= 11 is 11.9. The Bertz CT molecular complexity index is 451. The molecule has 16 heavy (non-hydrogen) atoms. The predicted octanol–water partition coefficient (Wildman–Crippen LogP) is 4.38. The van der Waals surface area contributed by atoms with Crippen molar-refractivity contribution in [1.82, 2.24) is 4.98 Å². The van der Waals surface area contributed by atoms with Crippen molar-refractivity contribution in [3.05, 3.63) is 69.8 Å². The summed E-state index contributed by atoms with van der Waals surface area (Å²) < 4.78 is 0. The lowest BCUT2D eigenvalue weighted by atomic mass is 9.95. The third kappa shape index (κ3) is 2.55. The van der Waals surface area contributed by atoms with Gasteiger partial charge in [-0.25, -0.2) is 0 Å². The molecule has 0 aliphatic rings. The first-order valence-corrected chi connectivity index (χ1v) is 5.63. The Balaban J connectivity index is 2.35. The van der Waals surface area contributed by atoms with E-state index in [1.54, 1.807) is 12.4 Å². The van der Waals surface area contributed by atoms with Crippen molar-refractivity contribution in [3.8, 4) is 0 Å². The maximum Gasteiger partial charge on any atom is 0.0592 e. The largest absolute Gasteiger partial charge is 0.263 e. The smallest absolute Gasteiger partial charge is 0.0592 e. The van der Waals surface area contributed by atoms with Crippen LogP contribution in [0.5, 0.6) is 0 Å². The third-order valence-electron chi connectivity index (χ3n) is 2.40. The molecule has 0 spiro atoms. The minimum atomic E-state index is 0.638. The molecule has 1 heterocycles. The second-order valence-corrected chi connectivity index (χ2v) is 4.40. The van der Waals surface area contributed by atoms with Gasteiger partial charge in [-0.15, -0.1) is 0 Å². The normalized spacial score (nSPS) is 10.8. The van der Waals surface area contributed by atoms with E-state index < -0.39 is 0 Å². The van der Waals surface area contributed by atoms with Crippen molar-refractivity contribution < 1.29 is 0 Å². The van der Waals surface area contributed by atoms with Crippen LogP contribution in [0, 0.1) is 5.92 Å². The van der Waals surface area contributed by atoms with Crippen molar-refractivity contribution >= 4 is 23.2 Å². The molecule has 3 heteroatoms. The number of benzene rings is 1. The van der Waals surface area contributed by atoms with Gasteiger partial charge in [-0.3, -0.25) is 4.98 Å². The van der Waals surface area contributed by atoms with E-state index in [-0.39, 0.29) is 0 Å². The Morgan fingerprint density at radius 2 is 1.75 bits per heavy atom. The minimum Gasteiger partial charge on any atom is -0.263 e. The molecule has 81 valence electrons. The number of nitrogens with zero attached hydrogens (tertiary/aromatic N) is 1. The second-order valence-electron chi connectivity index (χ2n) is 3.53. The van der Waals surface area contributed by atoms with Gasteiger partial charge in [0, 0.05) is 23.3 Å². The Morgan fingerprint density at radius 1 is 1.00 bits per heavy atom. The highest BCUT2D eigenvalue weighted by molar-refractivity contribution is 6.31. The average Bonchev–Trinajstić information content (AvgIpc) is 2.28. The molecular weight excluding hydrogens is 241 g/mol. The van der Waals surface area contributed by atoms with Crippen LogP contribution in [-0.4, -0.2) is 4.98 Å². The maximum atomic E-state index is 5.95. The van der Waals surface area contributed by atoms with Crippen LogP contribution in [0.15, 0.2) is 42.7 Å². The highest BCUT2D eigenvalue weighted by Crippen LogP contribution is 2.25. The van der Waals surface area contributed by atoms with Crippen LogP contribution >= 0.6 is 23.2 Å². The predicted molar refractivity (Wildman–Crippen MR) is 67.8 cm³/mol. The van der Waals surface area contributed by atoms with Gasteiger partial charge in [-0.1, -0.05) is 42.3 Å². The van der Waals surface area contributed by atoms with Gasteiger partial charge >= 0.3 is 0 Å². The second kappa shape index (κ2) is 4.86. The van der Waals surface area contributed by atoms with E-state index in [0.717, 1.165) is 22.1 Å². The van der Waals surface area contributed by atoms with Gasteiger partial charge in [-0.05, 0) is 29.3 Å². The SMILES string of the molecule is C[C](c1cccc(Cl)c1)c1cncc(Cl)c1. The summed E-state index contributed by atoms with van der Waals surface area (Å²) in [5.74, 6) is 1.11. The first-order chi connectivity index (χ1) is 7.66. The molecule has 0 aliphatic heterocycles. The van der Waals surface area contributed by atoms with Gasteiger partial charge < -0.3 is 0 Å². The minimum absolute atomic E-state index is 0.638. The summed E-state index contributed by atoms with van der Waals surface area (Å²) in [5, 5.41) is 1.37. The molecule has 0 aliphatic carbocycles. The molecule has 1 aromatic carbocycles. The van der Waals surface area contributed by atoms with Crippen LogP contribution in [-0.2, 0) is 0 Å². The number of aromatic nitrogens is 1. The van der Waals surface area contributed by atoms with Crippen LogP contribution in [0.1, 0.15) is 18.1 Å². The third-order valence-corrected chi connectivity index (χ3v) is 2.84. The monoisotopic (exact) mass is 250 g/mol.